The van der Waals surface area contributed by atoms with E-state index in [1.807, 2.05) is 6.92 Å². The number of hydrogen-bond acceptors (Lipinski definition) is 3. The number of rotatable bonds is 2. The summed E-state index contributed by atoms with van der Waals surface area (Å²) < 4.78 is 31.6. The molecule has 1 heterocycles. The number of halogens is 2. The highest BCUT2D eigenvalue weighted by Gasteiger charge is 2.31. The maximum atomic E-state index is 12.4. The third-order valence-electron chi connectivity index (χ3n) is 2.74. The first kappa shape index (κ1) is 14.1. The highest BCUT2D eigenvalue weighted by Crippen LogP contribution is 2.31. The van der Waals surface area contributed by atoms with Crippen LogP contribution in [0, 0.1) is 0 Å². The van der Waals surface area contributed by atoms with Crippen LogP contribution in [0.2, 0.25) is 10.0 Å². The van der Waals surface area contributed by atoms with E-state index < -0.39 is 10.0 Å². The molecule has 1 aromatic rings. The molecule has 0 saturated carbocycles. The fraction of sp³-hybridized carbons (Fsp3) is 0.455. The predicted octanol–water partition coefficient (Wildman–Crippen LogP) is 2.40. The molecule has 0 aromatic heterocycles. The van der Waals surface area contributed by atoms with Gasteiger partial charge in [-0.15, -0.1) is 0 Å². The molecule has 0 bridgehead atoms. The SMILES string of the molecule is C[C@H]1CN(S(=O)(=O)c2cccc(Cl)c2Cl)CCO1. The fourth-order valence-corrected chi connectivity index (χ4v) is 4.06. The van der Waals surface area contributed by atoms with Crippen LogP contribution in [0.4, 0.5) is 0 Å². The molecule has 100 valence electrons. The van der Waals surface area contributed by atoms with Crippen molar-refractivity contribution in [3.05, 3.63) is 28.2 Å². The van der Waals surface area contributed by atoms with E-state index in [1.165, 1.54) is 10.4 Å². The highest BCUT2D eigenvalue weighted by atomic mass is 35.5. The van der Waals surface area contributed by atoms with Gasteiger partial charge >= 0.3 is 0 Å². The van der Waals surface area contributed by atoms with Crippen molar-refractivity contribution in [2.24, 2.45) is 0 Å². The second kappa shape index (κ2) is 5.35. The van der Waals surface area contributed by atoms with E-state index in [9.17, 15) is 8.42 Å². The molecular weight excluding hydrogens is 297 g/mol. The van der Waals surface area contributed by atoms with E-state index in [0.717, 1.165) is 0 Å². The largest absolute Gasteiger partial charge is 0.376 e. The van der Waals surface area contributed by atoms with Gasteiger partial charge < -0.3 is 4.74 Å². The van der Waals surface area contributed by atoms with Crippen LogP contribution in [-0.4, -0.2) is 38.5 Å². The Labute approximate surface area is 116 Å². The first-order chi connectivity index (χ1) is 8.43. The van der Waals surface area contributed by atoms with Crippen LogP contribution >= 0.6 is 23.2 Å². The molecule has 0 radical (unpaired) electrons. The zero-order chi connectivity index (χ0) is 13.3. The second-order valence-corrected chi connectivity index (χ2v) is 6.79. The van der Waals surface area contributed by atoms with E-state index in [0.29, 0.717) is 19.7 Å². The average molecular weight is 310 g/mol. The van der Waals surface area contributed by atoms with Gasteiger partial charge in [0.05, 0.1) is 22.8 Å². The summed E-state index contributed by atoms with van der Waals surface area (Å²) in [4.78, 5) is 0.0470. The minimum atomic E-state index is -3.61. The standard InChI is InChI=1S/C11H13Cl2NO3S/c1-8-7-14(5-6-17-8)18(15,16)10-4-2-3-9(12)11(10)13/h2-4,8H,5-7H2,1H3/t8-/m0/s1. The Morgan fingerprint density at radius 1 is 1.39 bits per heavy atom. The molecule has 1 saturated heterocycles. The molecule has 0 unspecified atom stereocenters. The summed E-state index contributed by atoms with van der Waals surface area (Å²) in [5.41, 5.74) is 0. The molecule has 1 aromatic carbocycles. The Kier molecular flexibility index (Phi) is 4.18. The summed E-state index contributed by atoms with van der Waals surface area (Å²) >= 11 is 11.8. The monoisotopic (exact) mass is 309 g/mol. The summed E-state index contributed by atoms with van der Waals surface area (Å²) in [6, 6.07) is 4.60. The molecule has 0 amide bonds. The van der Waals surface area contributed by atoms with Crippen molar-refractivity contribution in [1.82, 2.24) is 4.31 Å². The Morgan fingerprint density at radius 3 is 2.78 bits per heavy atom. The van der Waals surface area contributed by atoms with Gasteiger partial charge in [-0.1, -0.05) is 29.3 Å². The number of nitrogens with zero attached hydrogens (tertiary/aromatic N) is 1. The number of hydrogen-bond donors (Lipinski definition) is 0. The third kappa shape index (κ3) is 2.65. The maximum Gasteiger partial charge on any atom is 0.244 e. The summed E-state index contributed by atoms with van der Waals surface area (Å²) in [6.07, 6.45) is -0.119. The summed E-state index contributed by atoms with van der Waals surface area (Å²) in [7, 11) is -3.61. The Balaban J connectivity index is 2.39. The zero-order valence-electron chi connectivity index (χ0n) is 9.77. The van der Waals surface area contributed by atoms with Crippen LogP contribution in [0.25, 0.3) is 0 Å². The molecule has 0 N–H and O–H groups in total. The van der Waals surface area contributed by atoms with Crippen molar-refractivity contribution >= 4 is 33.2 Å². The van der Waals surface area contributed by atoms with Gasteiger partial charge in [0.25, 0.3) is 0 Å². The maximum absolute atomic E-state index is 12.4. The minimum Gasteiger partial charge on any atom is -0.376 e. The average Bonchev–Trinajstić information content (AvgIpc) is 2.32. The topological polar surface area (TPSA) is 46.6 Å². The lowest BCUT2D eigenvalue weighted by Crippen LogP contribution is -2.44. The van der Waals surface area contributed by atoms with Gasteiger partial charge in [-0.3, -0.25) is 0 Å². The molecule has 2 rings (SSSR count). The van der Waals surface area contributed by atoms with Crippen molar-refractivity contribution < 1.29 is 13.2 Å². The van der Waals surface area contributed by atoms with Gasteiger partial charge in [0.1, 0.15) is 4.90 Å². The number of sulfonamides is 1. The molecule has 1 atom stereocenters. The van der Waals surface area contributed by atoms with Crippen LogP contribution in [0.1, 0.15) is 6.92 Å². The Hall–Kier alpha value is -0.330. The molecule has 7 heteroatoms. The first-order valence-electron chi connectivity index (χ1n) is 5.48. The van der Waals surface area contributed by atoms with Gasteiger partial charge in [0.15, 0.2) is 0 Å². The van der Waals surface area contributed by atoms with Gasteiger partial charge in [-0.2, -0.15) is 4.31 Å². The predicted molar refractivity (Wildman–Crippen MR) is 70.6 cm³/mol. The third-order valence-corrected chi connectivity index (χ3v) is 5.58. The fourth-order valence-electron chi connectivity index (χ4n) is 1.83. The van der Waals surface area contributed by atoms with Crippen LogP contribution in [0.5, 0.6) is 0 Å². The first-order valence-corrected chi connectivity index (χ1v) is 7.68. The molecule has 1 fully saturated rings. The van der Waals surface area contributed by atoms with E-state index in [-0.39, 0.29) is 21.0 Å². The van der Waals surface area contributed by atoms with E-state index in [4.69, 9.17) is 27.9 Å². The van der Waals surface area contributed by atoms with Crippen molar-refractivity contribution in [2.45, 2.75) is 17.9 Å². The van der Waals surface area contributed by atoms with Crippen molar-refractivity contribution in [1.29, 1.82) is 0 Å². The molecule has 4 nitrogen and oxygen atoms in total. The Morgan fingerprint density at radius 2 is 2.11 bits per heavy atom. The van der Waals surface area contributed by atoms with Gasteiger partial charge in [-0.25, -0.2) is 8.42 Å². The van der Waals surface area contributed by atoms with Crippen LogP contribution in [0.3, 0.4) is 0 Å². The number of benzene rings is 1. The van der Waals surface area contributed by atoms with Crippen LogP contribution in [-0.2, 0) is 14.8 Å². The van der Waals surface area contributed by atoms with Crippen molar-refractivity contribution in [3.8, 4) is 0 Å². The van der Waals surface area contributed by atoms with E-state index in [2.05, 4.69) is 0 Å². The molecule has 1 aliphatic rings. The number of morpholine rings is 1. The minimum absolute atomic E-state index is 0.0470. The highest BCUT2D eigenvalue weighted by molar-refractivity contribution is 7.89. The molecule has 0 aliphatic carbocycles. The second-order valence-electron chi connectivity index (χ2n) is 4.10. The van der Waals surface area contributed by atoms with Gasteiger partial charge in [0.2, 0.25) is 10.0 Å². The van der Waals surface area contributed by atoms with Gasteiger partial charge in [-0.05, 0) is 19.1 Å². The zero-order valence-corrected chi connectivity index (χ0v) is 12.1. The van der Waals surface area contributed by atoms with Crippen LogP contribution < -0.4 is 0 Å². The quantitative estimate of drug-likeness (QED) is 0.843. The van der Waals surface area contributed by atoms with Crippen molar-refractivity contribution in [2.75, 3.05) is 19.7 Å². The lowest BCUT2D eigenvalue weighted by molar-refractivity contribution is 0.0102. The summed E-state index contributed by atoms with van der Waals surface area (Å²) in [6.45, 7) is 2.88. The molecule has 0 spiro atoms. The lowest BCUT2D eigenvalue weighted by atomic mass is 10.3. The molecule has 1 aliphatic heterocycles. The van der Waals surface area contributed by atoms with Crippen LogP contribution in [0.15, 0.2) is 23.1 Å². The van der Waals surface area contributed by atoms with E-state index >= 15 is 0 Å². The summed E-state index contributed by atoms with van der Waals surface area (Å²) in [5.74, 6) is 0. The van der Waals surface area contributed by atoms with E-state index in [1.54, 1.807) is 12.1 Å². The molecular formula is C11H13Cl2NO3S. The summed E-state index contributed by atoms with van der Waals surface area (Å²) in [5, 5.41) is 0.303. The van der Waals surface area contributed by atoms with Gasteiger partial charge in [0, 0.05) is 13.1 Å². The molecule has 18 heavy (non-hydrogen) atoms. The number of ether oxygens (including phenoxy) is 1. The van der Waals surface area contributed by atoms with Crippen molar-refractivity contribution in [3.63, 3.8) is 0 Å². The normalized spacial score (nSPS) is 22.1. The lowest BCUT2D eigenvalue weighted by Gasteiger charge is -2.30. The Bertz CT molecular complexity index is 547. The smallest absolute Gasteiger partial charge is 0.244 e.